The standard InChI is InChI=1S/C24H20BrNO5/c1-2-26-23(30)14-8-7-13-15(20(14)24(26)31)9-16-21(18(28)10-17(25)22(16)29)19(13)11-3-5-12(27)6-4-11/h3-7,10,14-15,19-20,27H,2,8-9H2,1H3. The maximum absolute atomic E-state index is 13.2. The Morgan fingerprint density at radius 2 is 1.77 bits per heavy atom. The Labute approximate surface area is 187 Å². The average Bonchev–Trinajstić information content (AvgIpc) is 3.01. The van der Waals surface area contributed by atoms with Crippen molar-refractivity contribution in [2.75, 3.05) is 6.54 Å². The van der Waals surface area contributed by atoms with Gasteiger partial charge >= 0.3 is 0 Å². The second kappa shape index (κ2) is 7.12. The van der Waals surface area contributed by atoms with E-state index in [0.29, 0.717) is 24.1 Å². The minimum Gasteiger partial charge on any atom is -0.508 e. The maximum atomic E-state index is 13.2. The molecule has 1 N–H and O–H groups in total. The van der Waals surface area contributed by atoms with Gasteiger partial charge in [0.1, 0.15) is 5.75 Å². The minimum atomic E-state index is -0.520. The Morgan fingerprint density at radius 3 is 2.45 bits per heavy atom. The number of nitrogens with zero attached hydrogens (tertiary/aromatic N) is 1. The SMILES string of the molecule is CCN1C(=O)C2CC=C3C(c4ccc(O)cc4)C4=C(CC3C2C1=O)C(=O)C(Br)=CC4=O. The molecule has 1 fully saturated rings. The second-order valence-electron chi connectivity index (χ2n) is 8.41. The van der Waals surface area contributed by atoms with Crippen LogP contribution < -0.4 is 0 Å². The van der Waals surface area contributed by atoms with Gasteiger partial charge in [0.05, 0.1) is 16.3 Å². The molecule has 0 spiro atoms. The molecule has 6 nitrogen and oxygen atoms in total. The Balaban J connectivity index is 1.69. The molecule has 2 amide bonds. The van der Waals surface area contributed by atoms with Crippen molar-refractivity contribution in [1.29, 1.82) is 0 Å². The molecule has 1 saturated heterocycles. The lowest BCUT2D eigenvalue weighted by atomic mass is 9.59. The van der Waals surface area contributed by atoms with E-state index in [-0.39, 0.29) is 46.0 Å². The Kier molecular flexibility index (Phi) is 4.62. The predicted molar refractivity (Wildman–Crippen MR) is 115 cm³/mol. The lowest BCUT2D eigenvalue weighted by Crippen LogP contribution is -2.39. The summed E-state index contributed by atoms with van der Waals surface area (Å²) in [6.45, 7) is 2.11. The van der Waals surface area contributed by atoms with Crippen molar-refractivity contribution in [2.45, 2.75) is 25.7 Å². The predicted octanol–water partition coefficient (Wildman–Crippen LogP) is 3.17. The average molecular weight is 482 g/mol. The van der Waals surface area contributed by atoms with E-state index >= 15 is 0 Å². The van der Waals surface area contributed by atoms with Crippen LogP contribution in [0.4, 0.5) is 0 Å². The number of amides is 2. The van der Waals surface area contributed by atoms with Gasteiger partial charge in [0.25, 0.3) is 0 Å². The van der Waals surface area contributed by atoms with E-state index in [0.717, 1.165) is 11.1 Å². The molecule has 31 heavy (non-hydrogen) atoms. The van der Waals surface area contributed by atoms with Crippen LogP contribution in [-0.2, 0) is 19.2 Å². The van der Waals surface area contributed by atoms with Crippen LogP contribution in [0.3, 0.4) is 0 Å². The Morgan fingerprint density at radius 1 is 1.06 bits per heavy atom. The van der Waals surface area contributed by atoms with E-state index < -0.39 is 17.8 Å². The van der Waals surface area contributed by atoms with Crippen LogP contribution >= 0.6 is 15.9 Å². The fourth-order valence-electron chi connectivity index (χ4n) is 5.63. The lowest BCUT2D eigenvalue weighted by Gasteiger charge is -2.42. The number of Topliss-reactive ketones (excluding diaryl/α,β-unsaturated/α-hetero) is 1. The number of hydrogen-bond donors (Lipinski definition) is 1. The van der Waals surface area contributed by atoms with Crippen LogP contribution in [0.15, 0.2) is 57.6 Å². The molecule has 4 atom stereocenters. The number of benzene rings is 1. The smallest absolute Gasteiger partial charge is 0.233 e. The monoisotopic (exact) mass is 481 g/mol. The number of likely N-dealkylation sites (tertiary alicyclic amines) is 1. The van der Waals surface area contributed by atoms with Gasteiger partial charge < -0.3 is 5.11 Å². The van der Waals surface area contributed by atoms with Crippen LogP contribution in [0.5, 0.6) is 5.75 Å². The zero-order valence-corrected chi connectivity index (χ0v) is 18.4. The second-order valence-corrected chi connectivity index (χ2v) is 9.26. The van der Waals surface area contributed by atoms with Gasteiger partial charge in [-0.1, -0.05) is 23.8 Å². The summed E-state index contributed by atoms with van der Waals surface area (Å²) in [6, 6.07) is 6.58. The number of allylic oxidation sites excluding steroid dienone is 6. The first kappa shape index (κ1) is 20.1. The van der Waals surface area contributed by atoms with E-state index in [1.54, 1.807) is 31.2 Å². The fourth-order valence-corrected chi connectivity index (χ4v) is 6.08. The largest absolute Gasteiger partial charge is 0.508 e. The molecule has 4 unspecified atom stereocenters. The number of fused-ring (bicyclic) bond motifs is 3. The number of halogens is 1. The van der Waals surface area contributed by atoms with Gasteiger partial charge in [0.15, 0.2) is 11.6 Å². The van der Waals surface area contributed by atoms with Gasteiger partial charge in [-0.3, -0.25) is 24.1 Å². The van der Waals surface area contributed by atoms with Crippen molar-refractivity contribution in [1.82, 2.24) is 4.90 Å². The summed E-state index contributed by atoms with van der Waals surface area (Å²) < 4.78 is 0.213. The Hall–Kier alpha value is -2.80. The number of aromatic hydroxyl groups is 1. The van der Waals surface area contributed by atoms with Crippen molar-refractivity contribution in [3.63, 3.8) is 0 Å². The molecule has 0 aromatic heterocycles. The number of carbonyl (C=O) groups excluding carboxylic acids is 4. The van der Waals surface area contributed by atoms with Gasteiger partial charge in [-0.25, -0.2) is 0 Å². The molecule has 1 aromatic rings. The highest BCUT2D eigenvalue weighted by atomic mass is 79.9. The summed E-state index contributed by atoms with van der Waals surface area (Å²) in [5, 5.41) is 9.74. The van der Waals surface area contributed by atoms with Crippen molar-refractivity contribution in [3.8, 4) is 5.75 Å². The van der Waals surface area contributed by atoms with Crippen molar-refractivity contribution in [3.05, 3.63) is 63.2 Å². The minimum absolute atomic E-state index is 0.104. The van der Waals surface area contributed by atoms with Crippen LogP contribution in [0.2, 0.25) is 0 Å². The van der Waals surface area contributed by atoms with Gasteiger partial charge in [0.2, 0.25) is 11.8 Å². The Bertz CT molecular complexity index is 1140. The molecular weight excluding hydrogens is 462 g/mol. The van der Waals surface area contributed by atoms with E-state index in [4.69, 9.17) is 0 Å². The lowest BCUT2D eigenvalue weighted by molar-refractivity contribution is -0.139. The molecule has 7 heteroatoms. The number of phenols is 1. The zero-order valence-electron chi connectivity index (χ0n) is 16.8. The summed E-state index contributed by atoms with van der Waals surface area (Å²) in [5.74, 6) is -2.46. The summed E-state index contributed by atoms with van der Waals surface area (Å²) in [7, 11) is 0. The van der Waals surface area contributed by atoms with E-state index in [1.807, 2.05) is 6.08 Å². The van der Waals surface area contributed by atoms with Crippen LogP contribution in [-0.4, -0.2) is 39.9 Å². The topological polar surface area (TPSA) is 91.8 Å². The van der Waals surface area contributed by atoms with Crippen LogP contribution in [0.1, 0.15) is 31.2 Å². The normalized spacial score (nSPS) is 30.1. The summed E-state index contributed by atoms with van der Waals surface area (Å²) in [6.07, 6.45) is 4.00. The van der Waals surface area contributed by atoms with E-state index in [9.17, 15) is 24.3 Å². The highest BCUT2D eigenvalue weighted by Gasteiger charge is 2.55. The number of rotatable bonds is 2. The third-order valence-electron chi connectivity index (χ3n) is 6.97. The molecule has 3 aliphatic carbocycles. The third-order valence-corrected chi connectivity index (χ3v) is 7.55. The summed E-state index contributed by atoms with van der Waals surface area (Å²) in [5.41, 5.74) is 2.54. The van der Waals surface area contributed by atoms with Crippen LogP contribution in [0.25, 0.3) is 0 Å². The summed E-state index contributed by atoms with van der Waals surface area (Å²) >= 11 is 3.21. The van der Waals surface area contributed by atoms with E-state index in [1.165, 1.54) is 11.0 Å². The van der Waals surface area contributed by atoms with Crippen LogP contribution in [0, 0.1) is 17.8 Å². The molecule has 1 aromatic carbocycles. The third kappa shape index (κ3) is 2.82. The highest BCUT2D eigenvalue weighted by molar-refractivity contribution is 9.12. The first-order chi connectivity index (χ1) is 14.8. The zero-order chi connectivity index (χ0) is 22.0. The quantitative estimate of drug-likeness (QED) is 0.397. The molecular formula is C24H20BrNO5. The first-order valence-electron chi connectivity index (χ1n) is 10.4. The van der Waals surface area contributed by atoms with Crippen molar-refractivity contribution >= 4 is 39.3 Å². The maximum Gasteiger partial charge on any atom is 0.233 e. The van der Waals surface area contributed by atoms with Gasteiger partial charge in [-0.2, -0.15) is 0 Å². The molecule has 4 aliphatic rings. The number of hydrogen-bond acceptors (Lipinski definition) is 5. The van der Waals surface area contributed by atoms with Crippen molar-refractivity contribution in [2.24, 2.45) is 17.8 Å². The van der Waals surface area contributed by atoms with Gasteiger partial charge in [-0.15, -0.1) is 0 Å². The first-order valence-corrected chi connectivity index (χ1v) is 11.2. The summed E-state index contributed by atoms with van der Waals surface area (Å²) in [4.78, 5) is 53.3. The highest BCUT2D eigenvalue weighted by Crippen LogP contribution is 2.55. The van der Waals surface area contributed by atoms with E-state index in [2.05, 4.69) is 15.9 Å². The number of ketones is 2. The molecule has 0 saturated carbocycles. The number of imide groups is 1. The number of phenolic OH excluding ortho intramolecular Hbond substituents is 1. The molecule has 158 valence electrons. The molecule has 1 heterocycles. The van der Waals surface area contributed by atoms with Gasteiger partial charge in [-0.05, 0) is 59.3 Å². The van der Waals surface area contributed by atoms with Gasteiger partial charge in [0, 0.05) is 29.7 Å². The molecule has 1 aliphatic heterocycles. The molecule has 0 radical (unpaired) electrons. The fraction of sp³-hybridized carbons (Fsp3) is 0.333. The van der Waals surface area contributed by atoms with Crippen molar-refractivity contribution < 1.29 is 24.3 Å². The molecule has 5 rings (SSSR count). The number of carbonyl (C=O) groups is 4. The molecule has 0 bridgehead atoms.